The Morgan fingerprint density at radius 2 is 1.44 bits per heavy atom. The molecule has 0 radical (unpaired) electrons. The van der Waals surface area contributed by atoms with Gasteiger partial charge in [-0.25, -0.2) is 8.42 Å². The monoisotopic (exact) mass is 277 g/mol. The molecular formula is C14H31NO2S. The zero-order valence-corrected chi connectivity index (χ0v) is 13.2. The van der Waals surface area contributed by atoms with Crippen molar-refractivity contribution >= 4 is 9.84 Å². The summed E-state index contributed by atoms with van der Waals surface area (Å²) in [5.74, 6) is 0.255. The second-order valence-electron chi connectivity index (χ2n) is 5.27. The first kappa shape index (κ1) is 17.9. The summed E-state index contributed by atoms with van der Waals surface area (Å²) in [6.45, 7) is 5.02. The quantitative estimate of drug-likeness (QED) is 0.557. The molecule has 0 unspecified atom stereocenters. The first-order valence-corrected chi connectivity index (χ1v) is 9.46. The summed E-state index contributed by atoms with van der Waals surface area (Å²) in [6.07, 6.45) is 11.2. The second-order valence-corrected chi connectivity index (χ2v) is 7.53. The van der Waals surface area contributed by atoms with E-state index in [9.17, 15) is 8.42 Å². The molecule has 0 bridgehead atoms. The van der Waals surface area contributed by atoms with Crippen LogP contribution in [0.1, 0.15) is 65.2 Å². The van der Waals surface area contributed by atoms with Gasteiger partial charge in [-0.15, -0.1) is 0 Å². The van der Waals surface area contributed by atoms with Gasteiger partial charge in [0.25, 0.3) is 0 Å². The average Bonchev–Trinajstić information content (AvgIpc) is 2.27. The molecule has 0 spiro atoms. The van der Waals surface area contributed by atoms with Crippen molar-refractivity contribution in [2.24, 2.45) is 0 Å². The Bertz CT molecular complexity index is 266. The van der Waals surface area contributed by atoms with Crippen molar-refractivity contribution in [1.82, 2.24) is 5.32 Å². The highest BCUT2D eigenvalue weighted by molar-refractivity contribution is 7.90. The predicted molar refractivity (Wildman–Crippen MR) is 79.8 cm³/mol. The fourth-order valence-corrected chi connectivity index (χ4v) is 2.57. The minimum atomic E-state index is -2.83. The summed E-state index contributed by atoms with van der Waals surface area (Å²) in [7, 11) is -2.83. The zero-order chi connectivity index (χ0) is 13.9. The van der Waals surface area contributed by atoms with Crippen LogP contribution in [0.15, 0.2) is 0 Å². The molecule has 110 valence electrons. The van der Waals surface area contributed by atoms with Gasteiger partial charge in [-0.1, -0.05) is 52.4 Å². The van der Waals surface area contributed by atoms with Crippen LogP contribution in [-0.4, -0.2) is 33.0 Å². The van der Waals surface area contributed by atoms with Gasteiger partial charge >= 0.3 is 0 Å². The topological polar surface area (TPSA) is 46.2 Å². The lowest BCUT2D eigenvalue weighted by atomic mass is 10.0. The number of sulfone groups is 1. The summed E-state index contributed by atoms with van der Waals surface area (Å²) in [6, 6.07) is 0.504. The van der Waals surface area contributed by atoms with Crippen molar-refractivity contribution in [3.8, 4) is 0 Å². The summed E-state index contributed by atoms with van der Waals surface area (Å²) >= 11 is 0. The molecule has 0 aromatic rings. The summed E-state index contributed by atoms with van der Waals surface area (Å²) in [5, 5.41) is 3.41. The van der Waals surface area contributed by atoms with Crippen LogP contribution in [0.2, 0.25) is 0 Å². The normalized spacial score (nSPS) is 12.2. The SMILES string of the molecule is CCCCCC(CCCCC)NCCS(C)(=O)=O. The molecule has 4 heteroatoms. The minimum Gasteiger partial charge on any atom is -0.313 e. The van der Waals surface area contributed by atoms with Gasteiger partial charge in [-0.2, -0.15) is 0 Å². The van der Waals surface area contributed by atoms with Gasteiger partial charge in [-0.3, -0.25) is 0 Å². The van der Waals surface area contributed by atoms with E-state index in [1.54, 1.807) is 0 Å². The first-order chi connectivity index (χ1) is 8.49. The lowest BCUT2D eigenvalue weighted by molar-refractivity contribution is 0.427. The lowest BCUT2D eigenvalue weighted by Crippen LogP contribution is -2.33. The van der Waals surface area contributed by atoms with E-state index in [1.807, 2.05) is 0 Å². The van der Waals surface area contributed by atoms with Gasteiger partial charge in [0.05, 0.1) is 5.75 Å². The number of rotatable bonds is 12. The van der Waals surface area contributed by atoms with Crippen LogP contribution in [0.4, 0.5) is 0 Å². The van der Waals surface area contributed by atoms with Gasteiger partial charge in [-0.05, 0) is 12.8 Å². The van der Waals surface area contributed by atoms with Crippen LogP contribution in [0.3, 0.4) is 0 Å². The molecule has 0 aliphatic rings. The van der Waals surface area contributed by atoms with Crippen molar-refractivity contribution in [3.63, 3.8) is 0 Å². The predicted octanol–water partition coefficient (Wildman–Crippen LogP) is 3.15. The molecule has 0 heterocycles. The largest absolute Gasteiger partial charge is 0.313 e. The Labute approximate surface area is 114 Å². The Balaban J connectivity index is 3.87. The number of hydrogen-bond acceptors (Lipinski definition) is 3. The second kappa shape index (κ2) is 10.8. The third-order valence-electron chi connectivity index (χ3n) is 3.22. The molecule has 3 nitrogen and oxygen atoms in total. The molecular weight excluding hydrogens is 246 g/mol. The molecule has 0 rings (SSSR count). The third kappa shape index (κ3) is 12.4. The van der Waals surface area contributed by atoms with Crippen LogP contribution in [0.5, 0.6) is 0 Å². The van der Waals surface area contributed by atoms with Crippen LogP contribution >= 0.6 is 0 Å². The highest BCUT2D eigenvalue weighted by atomic mass is 32.2. The van der Waals surface area contributed by atoms with E-state index in [4.69, 9.17) is 0 Å². The smallest absolute Gasteiger partial charge is 0.148 e. The molecule has 0 aromatic carbocycles. The van der Waals surface area contributed by atoms with Gasteiger partial charge in [0.1, 0.15) is 9.84 Å². The summed E-state index contributed by atoms with van der Waals surface area (Å²) < 4.78 is 22.2. The summed E-state index contributed by atoms with van der Waals surface area (Å²) in [5.41, 5.74) is 0. The molecule has 0 saturated carbocycles. The Morgan fingerprint density at radius 3 is 1.83 bits per heavy atom. The lowest BCUT2D eigenvalue weighted by Gasteiger charge is -2.18. The first-order valence-electron chi connectivity index (χ1n) is 7.40. The van der Waals surface area contributed by atoms with Gasteiger partial charge in [0.2, 0.25) is 0 Å². The third-order valence-corrected chi connectivity index (χ3v) is 4.16. The summed E-state index contributed by atoms with van der Waals surface area (Å²) in [4.78, 5) is 0. The number of hydrogen-bond donors (Lipinski definition) is 1. The van der Waals surface area contributed by atoms with E-state index >= 15 is 0 Å². The molecule has 0 fully saturated rings. The van der Waals surface area contributed by atoms with Crippen molar-refractivity contribution in [1.29, 1.82) is 0 Å². The molecule has 18 heavy (non-hydrogen) atoms. The van der Waals surface area contributed by atoms with Crippen LogP contribution in [0, 0.1) is 0 Å². The maximum absolute atomic E-state index is 11.1. The van der Waals surface area contributed by atoms with Crippen LogP contribution in [-0.2, 0) is 9.84 Å². The van der Waals surface area contributed by atoms with Crippen molar-refractivity contribution < 1.29 is 8.42 Å². The van der Waals surface area contributed by atoms with Crippen molar-refractivity contribution in [3.05, 3.63) is 0 Å². The molecule has 0 amide bonds. The molecule has 0 saturated heterocycles. The van der Waals surface area contributed by atoms with E-state index in [1.165, 1.54) is 57.6 Å². The maximum Gasteiger partial charge on any atom is 0.148 e. The van der Waals surface area contributed by atoms with Gasteiger partial charge in [0.15, 0.2) is 0 Å². The van der Waals surface area contributed by atoms with Crippen LogP contribution in [0.25, 0.3) is 0 Å². The highest BCUT2D eigenvalue weighted by Gasteiger charge is 2.09. The average molecular weight is 277 g/mol. The van der Waals surface area contributed by atoms with E-state index in [-0.39, 0.29) is 5.75 Å². The molecule has 1 N–H and O–H groups in total. The van der Waals surface area contributed by atoms with Gasteiger partial charge < -0.3 is 5.32 Å². The maximum atomic E-state index is 11.1. The van der Waals surface area contributed by atoms with Gasteiger partial charge in [0, 0.05) is 18.8 Å². The molecule has 0 aromatic heterocycles. The molecule has 0 aliphatic heterocycles. The van der Waals surface area contributed by atoms with Crippen molar-refractivity contribution in [2.75, 3.05) is 18.6 Å². The van der Waals surface area contributed by atoms with Crippen molar-refractivity contribution in [2.45, 2.75) is 71.3 Å². The number of nitrogens with one attached hydrogen (secondary N) is 1. The van der Waals surface area contributed by atoms with E-state index in [2.05, 4.69) is 19.2 Å². The fourth-order valence-electron chi connectivity index (χ4n) is 2.08. The zero-order valence-electron chi connectivity index (χ0n) is 12.4. The molecule has 0 aliphatic carbocycles. The standard InChI is InChI=1S/C14H31NO2S/c1-4-6-8-10-14(11-9-7-5-2)15-12-13-18(3,16)17/h14-15H,4-13H2,1-3H3. The highest BCUT2D eigenvalue weighted by Crippen LogP contribution is 2.10. The fraction of sp³-hybridized carbons (Fsp3) is 1.00. The Kier molecular flexibility index (Phi) is 10.7. The Morgan fingerprint density at radius 1 is 0.944 bits per heavy atom. The van der Waals surface area contributed by atoms with E-state index in [0.717, 1.165) is 0 Å². The minimum absolute atomic E-state index is 0.255. The van der Waals surface area contributed by atoms with E-state index in [0.29, 0.717) is 12.6 Å². The van der Waals surface area contributed by atoms with Crippen LogP contribution < -0.4 is 5.32 Å². The number of unbranched alkanes of at least 4 members (excludes halogenated alkanes) is 4. The Hall–Kier alpha value is -0.0900. The van der Waals surface area contributed by atoms with E-state index < -0.39 is 9.84 Å². The molecule has 0 atom stereocenters.